The van der Waals surface area contributed by atoms with Crippen LogP contribution in [-0.4, -0.2) is 18.4 Å². The van der Waals surface area contributed by atoms with Crippen LogP contribution < -0.4 is 0 Å². The quantitative estimate of drug-likeness (QED) is 0.598. The Balaban J connectivity index is 2.01. The van der Waals surface area contributed by atoms with Crippen molar-refractivity contribution in [1.29, 1.82) is 0 Å². The first-order valence-electron chi connectivity index (χ1n) is 7.46. The zero-order valence-corrected chi connectivity index (χ0v) is 13.0. The molecular weight excluding hydrogens is 276 g/mol. The summed E-state index contributed by atoms with van der Waals surface area (Å²) in [5.74, 6) is -0.359. The molecule has 22 heavy (non-hydrogen) atoms. The van der Waals surface area contributed by atoms with Crippen LogP contribution in [0.3, 0.4) is 0 Å². The number of rotatable bonds is 6. The summed E-state index contributed by atoms with van der Waals surface area (Å²) in [4.78, 5) is 24.0. The Morgan fingerprint density at radius 2 is 1.68 bits per heavy atom. The highest BCUT2D eigenvalue weighted by Crippen LogP contribution is 2.12. The number of hydrogen-bond acceptors (Lipinski definition) is 3. The summed E-state index contributed by atoms with van der Waals surface area (Å²) in [6.45, 7) is 4.12. The lowest BCUT2D eigenvalue weighted by Gasteiger charge is -2.05. The SMILES string of the molecule is CCOC(=O)c1cccc(C(=O)CCc2ccc(C)cc2)c1. The molecular formula is C19H20O3. The molecule has 3 nitrogen and oxygen atoms in total. The second kappa shape index (κ2) is 7.55. The third kappa shape index (κ3) is 4.29. The second-order valence-corrected chi connectivity index (χ2v) is 5.21. The second-order valence-electron chi connectivity index (χ2n) is 5.21. The lowest BCUT2D eigenvalue weighted by atomic mass is 10.0. The third-order valence-corrected chi connectivity index (χ3v) is 3.46. The van der Waals surface area contributed by atoms with Crippen LogP contribution >= 0.6 is 0 Å². The van der Waals surface area contributed by atoms with Crippen LogP contribution in [0.5, 0.6) is 0 Å². The van der Waals surface area contributed by atoms with Gasteiger partial charge in [0.2, 0.25) is 0 Å². The molecule has 0 spiro atoms. The number of hydrogen-bond donors (Lipinski definition) is 0. The summed E-state index contributed by atoms with van der Waals surface area (Å²) >= 11 is 0. The number of esters is 1. The Labute approximate surface area is 130 Å². The normalized spacial score (nSPS) is 10.3. The van der Waals surface area contributed by atoms with Crippen LogP contribution in [0.1, 0.15) is 45.2 Å². The molecule has 0 aliphatic rings. The summed E-state index contributed by atoms with van der Waals surface area (Å²) in [6, 6.07) is 14.9. The highest BCUT2D eigenvalue weighted by atomic mass is 16.5. The predicted octanol–water partition coefficient (Wildman–Crippen LogP) is 3.99. The molecule has 0 unspecified atom stereocenters. The fourth-order valence-electron chi connectivity index (χ4n) is 2.19. The van der Waals surface area contributed by atoms with E-state index in [1.807, 2.05) is 31.2 Å². The number of aryl methyl sites for hydroxylation is 2. The molecule has 114 valence electrons. The topological polar surface area (TPSA) is 43.4 Å². The molecule has 0 radical (unpaired) electrons. The van der Waals surface area contributed by atoms with E-state index in [4.69, 9.17) is 4.74 Å². The fraction of sp³-hybridized carbons (Fsp3) is 0.263. The van der Waals surface area contributed by atoms with Crippen molar-refractivity contribution in [3.63, 3.8) is 0 Å². The smallest absolute Gasteiger partial charge is 0.338 e. The Morgan fingerprint density at radius 3 is 2.36 bits per heavy atom. The maximum Gasteiger partial charge on any atom is 0.338 e. The van der Waals surface area contributed by atoms with Crippen molar-refractivity contribution in [1.82, 2.24) is 0 Å². The fourth-order valence-corrected chi connectivity index (χ4v) is 2.19. The summed E-state index contributed by atoms with van der Waals surface area (Å²) in [7, 11) is 0. The van der Waals surface area contributed by atoms with Crippen molar-refractivity contribution >= 4 is 11.8 Å². The number of ether oxygens (including phenoxy) is 1. The molecule has 0 aliphatic heterocycles. The van der Waals surface area contributed by atoms with Gasteiger partial charge in [0.15, 0.2) is 5.78 Å². The van der Waals surface area contributed by atoms with Crippen LogP contribution in [0, 0.1) is 6.92 Å². The Morgan fingerprint density at radius 1 is 1.00 bits per heavy atom. The zero-order valence-electron chi connectivity index (χ0n) is 13.0. The van der Waals surface area contributed by atoms with E-state index in [9.17, 15) is 9.59 Å². The van der Waals surface area contributed by atoms with Gasteiger partial charge in [-0.15, -0.1) is 0 Å². The Kier molecular flexibility index (Phi) is 5.48. The average molecular weight is 296 g/mol. The van der Waals surface area contributed by atoms with Gasteiger partial charge in [0.1, 0.15) is 0 Å². The third-order valence-electron chi connectivity index (χ3n) is 3.46. The van der Waals surface area contributed by atoms with Crippen molar-refractivity contribution in [2.45, 2.75) is 26.7 Å². The van der Waals surface area contributed by atoms with E-state index in [0.29, 0.717) is 30.6 Å². The first-order chi connectivity index (χ1) is 10.6. The number of carbonyl (C=O) groups is 2. The molecule has 2 aromatic rings. The van der Waals surface area contributed by atoms with Crippen LogP contribution in [-0.2, 0) is 11.2 Å². The number of Topliss-reactive ketones (excluding diaryl/α,β-unsaturated/α-hetero) is 1. The highest BCUT2D eigenvalue weighted by Gasteiger charge is 2.11. The maximum atomic E-state index is 12.3. The standard InChI is InChI=1S/C19H20O3/c1-3-22-19(21)17-6-4-5-16(13-17)18(20)12-11-15-9-7-14(2)8-10-15/h4-10,13H,3,11-12H2,1-2H3. The summed E-state index contributed by atoms with van der Waals surface area (Å²) in [6.07, 6.45) is 1.12. The largest absolute Gasteiger partial charge is 0.462 e. The number of ketones is 1. The Hall–Kier alpha value is -2.42. The molecule has 0 saturated carbocycles. The molecule has 0 aromatic heterocycles. The van der Waals surface area contributed by atoms with Crippen molar-refractivity contribution in [3.05, 3.63) is 70.8 Å². The van der Waals surface area contributed by atoms with Crippen LogP contribution in [0.4, 0.5) is 0 Å². The van der Waals surface area contributed by atoms with Gasteiger partial charge in [-0.25, -0.2) is 4.79 Å². The summed E-state index contributed by atoms with van der Waals surface area (Å²) in [5.41, 5.74) is 3.32. The predicted molar refractivity (Wildman–Crippen MR) is 86.2 cm³/mol. The van der Waals surface area contributed by atoms with Gasteiger partial charge in [-0.3, -0.25) is 4.79 Å². The van der Waals surface area contributed by atoms with Crippen molar-refractivity contribution in [2.24, 2.45) is 0 Å². The molecule has 0 bridgehead atoms. The van der Waals surface area contributed by atoms with Crippen LogP contribution in [0.15, 0.2) is 48.5 Å². The van der Waals surface area contributed by atoms with Gasteiger partial charge >= 0.3 is 5.97 Å². The maximum absolute atomic E-state index is 12.3. The number of benzene rings is 2. The van der Waals surface area contributed by atoms with Crippen molar-refractivity contribution < 1.29 is 14.3 Å². The average Bonchev–Trinajstić information content (AvgIpc) is 2.54. The zero-order chi connectivity index (χ0) is 15.9. The minimum atomic E-state index is -0.393. The molecule has 0 amide bonds. The van der Waals surface area contributed by atoms with Gasteiger partial charge < -0.3 is 4.74 Å². The van der Waals surface area contributed by atoms with Gasteiger partial charge in [-0.05, 0) is 38.0 Å². The first-order valence-corrected chi connectivity index (χ1v) is 7.46. The lowest BCUT2D eigenvalue weighted by molar-refractivity contribution is 0.0526. The first kappa shape index (κ1) is 16.0. The van der Waals surface area contributed by atoms with E-state index in [0.717, 1.165) is 5.56 Å². The van der Waals surface area contributed by atoms with Gasteiger partial charge in [0, 0.05) is 12.0 Å². The molecule has 2 aromatic carbocycles. The number of carbonyl (C=O) groups excluding carboxylic acids is 2. The minimum absolute atomic E-state index is 0.0340. The van der Waals surface area contributed by atoms with Crippen molar-refractivity contribution in [2.75, 3.05) is 6.61 Å². The molecule has 0 aliphatic carbocycles. The summed E-state index contributed by atoms with van der Waals surface area (Å²) in [5, 5.41) is 0. The van der Waals surface area contributed by atoms with Gasteiger partial charge in [0.05, 0.1) is 12.2 Å². The van der Waals surface area contributed by atoms with Crippen LogP contribution in [0.25, 0.3) is 0 Å². The molecule has 0 atom stereocenters. The lowest BCUT2D eigenvalue weighted by Crippen LogP contribution is -2.07. The monoisotopic (exact) mass is 296 g/mol. The molecule has 0 heterocycles. The van der Waals surface area contributed by atoms with E-state index in [1.54, 1.807) is 31.2 Å². The van der Waals surface area contributed by atoms with Crippen molar-refractivity contribution in [3.8, 4) is 0 Å². The van der Waals surface area contributed by atoms with E-state index in [1.165, 1.54) is 5.56 Å². The molecule has 0 fully saturated rings. The van der Waals surface area contributed by atoms with Gasteiger partial charge in [-0.1, -0.05) is 42.0 Å². The minimum Gasteiger partial charge on any atom is -0.462 e. The Bertz CT molecular complexity index is 657. The molecule has 3 heteroatoms. The summed E-state index contributed by atoms with van der Waals surface area (Å²) < 4.78 is 4.95. The molecule has 0 N–H and O–H groups in total. The molecule has 0 saturated heterocycles. The van der Waals surface area contributed by atoms with Crippen LogP contribution in [0.2, 0.25) is 0 Å². The van der Waals surface area contributed by atoms with E-state index < -0.39 is 5.97 Å². The van der Waals surface area contributed by atoms with Gasteiger partial charge in [0.25, 0.3) is 0 Å². The van der Waals surface area contributed by atoms with E-state index >= 15 is 0 Å². The van der Waals surface area contributed by atoms with Gasteiger partial charge in [-0.2, -0.15) is 0 Å². The van der Waals surface area contributed by atoms with E-state index in [2.05, 4.69) is 0 Å². The highest BCUT2D eigenvalue weighted by molar-refractivity contribution is 5.99. The van der Waals surface area contributed by atoms with E-state index in [-0.39, 0.29) is 5.78 Å². The molecule has 2 rings (SSSR count).